The third-order valence-corrected chi connectivity index (χ3v) is 4.64. The van der Waals surface area contributed by atoms with Gasteiger partial charge in [-0.3, -0.25) is 0 Å². The summed E-state index contributed by atoms with van der Waals surface area (Å²) in [7, 11) is 1.71. The van der Waals surface area contributed by atoms with Gasteiger partial charge < -0.3 is 15.0 Å². The highest BCUT2D eigenvalue weighted by atomic mass is 16.5. The number of nitrogens with one attached hydrogen (secondary N) is 1. The van der Waals surface area contributed by atoms with Crippen molar-refractivity contribution < 1.29 is 4.74 Å². The summed E-state index contributed by atoms with van der Waals surface area (Å²) >= 11 is 0. The minimum Gasteiger partial charge on any atom is -0.385 e. The third-order valence-electron chi connectivity index (χ3n) is 4.64. The van der Waals surface area contributed by atoms with Crippen LogP contribution in [0.1, 0.15) is 24.8 Å². The molecule has 0 spiro atoms. The van der Waals surface area contributed by atoms with Gasteiger partial charge in [0.05, 0.1) is 6.20 Å². The Kier molecular flexibility index (Phi) is 6.56. The Balaban J connectivity index is 1.49. The second-order valence-electron chi connectivity index (χ2n) is 6.53. The highest BCUT2D eigenvalue weighted by Crippen LogP contribution is 2.24. The lowest BCUT2D eigenvalue weighted by Crippen LogP contribution is -2.35. The van der Waals surface area contributed by atoms with Crippen LogP contribution in [0.2, 0.25) is 0 Å². The number of ether oxygens (including phenoxy) is 1. The molecule has 6 heteroatoms. The van der Waals surface area contributed by atoms with E-state index in [2.05, 4.69) is 55.7 Å². The minimum atomic E-state index is 0.731. The molecule has 0 bridgehead atoms. The van der Waals surface area contributed by atoms with Crippen molar-refractivity contribution in [3.05, 3.63) is 42.1 Å². The maximum atomic E-state index is 5.05. The van der Waals surface area contributed by atoms with Gasteiger partial charge in [-0.15, -0.1) is 5.10 Å². The Labute approximate surface area is 149 Å². The van der Waals surface area contributed by atoms with E-state index in [0.29, 0.717) is 0 Å². The van der Waals surface area contributed by atoms with Crippen LogP contribution >= 0.6 is 0 Å². The zero-order valence-corrected chi connectivity index (χ0v) is 14.9. The minimum absolute atomic E-state index is 0.731. The quantitative estimate of drug-likeness (QED) is 0.745. The van der Waals surface area contributed by atoms with E-state index in [0.717, 1.165) is 56.8 Å². The Bertz CT molecular complexity index is 629. The first-order chi connectivity index (χ1) is 12.3. The summed E-state index contributed by atoms with van der Waals surface area (Å²) in [6.07, 6.45) is 6.13. The van der Waals surface area contributed by atoms with Gasteiger partial charge in [0.25, 0.3) is 0 Å². The van der Waals surface area contributed by atoms with Crippen LogP contribution in [-0.2, 0) is 11.2 Å². The second-order valence-corrected chi connectivity index (χ2v) is 6.53. The Morgan fingerprint density at radius 3 is 2.76 bits per heavy atom. The largest absolute Gasteiger partial charge is 0.385 e. The van der Waals surface area contributed by atoms with Crippen LogP contribution in [0.4, 0.5) is 11.8 Å². The standard InChI is InChI=1S/C19H27N5O/c1-25-13-5-10-20-18-15-21-23-19(22-18)24-11-8-17(9-12-24)14-16-6-3-2-4-7-16/h2-4,6-7,15,17H,5,8-14H2,1H3,(H,20,22,23). The first-order valence-electron chi connectivity index (χ1n) is 9.06. The maximum absolute atomic E-state index is 5.05. The molecule has 2 heterocycles. The van der Waals surface area contributed by atoms with Gasteiger partial charge >= 0.3 is 0 Å². The van der Waals surface area contributed by atoms with Crippen molar-refractivity contribution >= 4 is 11.8 Å². The smallest absolute Gasteiger partial charge is 0.247 e. The summed E-state index contributed by atoms with van der Waals surface area (Å²) in [5, 5.41) is 11.6. The molecule has 6 nitrogen and oxygen atoms in total. The number of benzene rings is 1. The normalized spacial score (nSPS) is 15.3. The monoisotopic (exact) mass is 341 g/mol. The van der Waals surface area contributed by atoms with E-state index in [9.17, 15) is 0 Å². The lowest BCUT2D eigenvalue weighted by atomic mass is 9.90. The fourth-order valence-corrected chi connectivity index (χ4v) is 3.23. The lowest BCUT2D eigenvalue weighted by molar-refractivity contribution is 0.197. The van der Waals surface area contributed by atoms with Crippen LogP contribution in [0.3, 0.4) is 0 Å². The van der Waals surface area contributed by atoms with Crippen LogP contribution in [0.5, 0.6) is 0 Å². The number of hydrogen-bond acceptors (Lipinski definition) is 6. The molecule has 0 atom stereocenters. The second kappa shape index (κ2) is 9.32. The zero-order valence-electron chi connectivity index (χ0n) is 14.9. The highest BCUT2D eigenvalue weighted by molar-refractivity contribution is 5.39. The van der Waals surface area contributed by atoms with Crippen LogP contribution in [-0.4, -0.2) is 48.5 Å². The van der Waals surface area contributed by atoms with E-state index in [-0.39, 0.29) is 0 Å². The maximum Gasteiger partial charge on any atom is 0.247 e. The fourth-order valence-electron chi connectivity index (χ4n) is 3.23. The summed E-state index contributed by atoms with van der Waals surface area (Å²) in [5.74, 6) is 2.25. The van der Waals surface area contributed by atoms with Crippen molar-refractivity contribution in [3.8, 4) is 0 Å². The summed E-state index contributed by atoms with van der Waals surface area (Å²) in [6.45, 7) is 3.55. The molecule has 1 aromatic heterocycles. The summed E-state index contributed by atoms with van der Waals surface area (Å²) in [4.78, 5) is 6.85. The Morgan fingerprint density at radius 1 is 1.20 bits per heavy atom. The molecule has 0 unspecified atom stereocenters. The van der Waals surface area contributed by atoms with Crippen molar-refractivity contribution in [2.75, 3.05) is 43.6 Å². The number of nitrogens with zero attached hydrogens (tertiary/aromatic N) is 4. The van der Waals surface area contributed by atoms with Crippen LogP contribution in [0.15, 0.2) is 36.5 Å². The summed E-state index contributed by atoms with van der Waals surface area (Å²) in [5.41, 5.74) is 1.43. The van der Waals surface area contributed by atoms with Gasteiger partial charge in [0, 0.05) is 33.4 Å². The molecular weight excluding hydrogens is 314 g/mol. The number of methoxy groups -OCH3 is 1. The van der Waals surface area contributed by atoms with Gasteiger partial charge in [0.1, 0.15) is 0 Å². The summed E-state index contributed by atoms with van der Waals surface area (Å²) in [6, 6.07) is 10.8. The molecule has 1 N–H and O–H groups in total. The molecule has 1 fully saturated rings. The fraction of sp³-hybridized carbons (Fsp3) is 0.526. The lowest BCUT2D eigenvalue weighted by Gasteiger charge is -2.31. The van der Waals surface area contributed by atoms with Crippen molar-refractivity contribution in [3.63, 3.8) is 0 Å². The molecule has 0 aliphatic carbocycles. The van der Waals surface area contributed by atoms with E-state index in [1.807, 2.05) is 0 Å². The molecule has 2 aromatic rings. The molecule has 0 amide bonds. The SMILES string of the molecule is COCCCNc1cnnc(N2CCC(Cc3ccccc3)CC2)n1. The van der Waals surface area contributed by atoms with Gasteiger partial charge in [0.15, 0.2) is 5.82 Å². The Morgan fingerprint density at radius 2 is 2.00 bits per heavy atom. The molecule has 134 valence electrons. The first-order valence-corrected chi connectivity index (χ1v) is 9.06. The third kappa shape index (κ3) is 5.39. The van der Waals surface area contributed by atoms with Crippen molar-refractivity contribution in [2.24, 2.45) is 5.92 Å². The number of anilines is 2. The van der Waals surface area contributed by atoms with Gasteiger partial charge in [0.2, 0.25) is 5.95 Å². The number of piperidine rings is 1. The van der Waals surface area contributed by atoms with E-state index in [1.54, 1.807) is 13.3 Å². The molecule has 0 radical (unpaired) electrons. The van der Waals surface area contributed by atoms with Gasteiger partial charge in [-0.25, -0.2) is 0 Å². The molecule has 1 aliphatic heterocycles. The summed E-state index contributed by atoms with van der Waals surface area (Å²) < 4.78 is 5.05. The molecule has 1 saturated heterocycles. The molecule has 25 heavy (non-hydrogen) atoms. The van der Waals surface area contributed by atoms with E-state index in [1.165, 1.54) is 18.4 Å². The van der Waals surface area contributed by atoms with Gasteiger partial charge in [-0.1, -0.05) is 30.3 Å². The average molecular weight is 341 g/mol. The van der Waals surface area contributed by atoms with Crippen LogP contribution in [0.25, 0.3) is 0 Å². The first kappa shape index (κ1) is 17.6. The molecule has 3 rings (SSSR count). The van der Waals surface area contributed by atoms with Crippen molar-refractivity contribution in [2.45, 2.75) is 25.7 Å². The number of rotatable bonds is 8. The van der Waals surface area contributed by atoms with Gasteiger partial charge in [-0.2, -0.15) is 10.1 Å². The Hall–Kier alpha value is -2.21. The zero-order chi connectivity index (χ0) is 17.3. The van der Waals surface area contributed by atoms with Gasteiger partial charge in [-0.05, 0) is 37.2 Å². The topological polar surface area (TPSA) is 63.2 Å². The number of hydrogen-bond donors (Lipinski definition) is 1. The van der Waals surface area contributed by atoms with Crippen molar-refractivity contribution in [1.29, 1.82) is 0 Å². The van der Waals surface area contributed by atoms with E-state index >= 15 is 0 Å². The van der Waals surface area contributed by atoms with E-state index < -0.39 is 0 Å². The van der Waals surface area contributed by atoms with Crippen LogP contribution < -0.4 is 10.2 Å². The van der Waals surface area contributed by atoms with Crippen molar-refractivity contribution in [1.82, 2.24) is 15.2 Å². The van der Waals surface area contributed by atoms with E-state index in [4.69, 9.17) is 4.74 Å². The molecule has 0 saturated carbocycles. The predicted molar refractivity (Wildman–Crippen MR) is 99.9 cm³/mol. The molecular formula is C19H27N5O. The average Bonchev–Trinajstić information content (AvgIpc) is 2.67. The number of aromatic nitrogens is 3. The predicted octanol–water partition coefficient (Wildman–Crippen LogP) is 2.78. The molecule has 1 aromatic carbocycles. The molecule has 1 aliphatic rings. The van der Waals surface area contributed by atoms with Crippen LogP contribution in [0, 0.1) is 5.92 Å². The highest BCUT2D eigenvalue weighted by Gasteiger charge is 2.21.